The molecule has 1 aliphatic heterocycles. The fourth-order valence-corrected chi connectivity index (χ4v) is 3.82. The Morgan fingerprint density at radius 3 is 2.44 bits per heavy atom. The van der Waals surface area contributed by atoms with Gasteiger partial charge in [0.1, 0.15) is 0 Å². The van der Waals surface area contributed by atoms with Crippen molar-refractivity contribution in [3.8, 4) is 0 Å². The van der Waals surface area contributed by atoms with Gasteiger partial charge in [0.2, 0.25) is 10.0 Å². The Balaban J connectivity index is 2.18. The second-order valence-electron chi connectivity index (χ2n) is 6.17. The number of sulfonamides is 1. The van der Waals surface area contributed by atoms with E-state index in [1.807, 2.05) is 13.8 Å². The number of amides is 1. The van der Waals surface area contributed by atoms with Crippen molar-refractivity contribution in [2.45, 2.75) is 31.6 Å². The zero-order chi connectivity index (χ0) is 18.4. The molecule has 0 bridgehead atoms. The largest absolute Gasteiger partial charge is 0.339 e. The molecular formula is C17H26ClN3O3S. The smallest absolute Gasteiger partial charge is 0.255 e. The van der Waals surface area contributed by atoms with E-state index in [0.29, 0.717) is 26.2 Å². The Bertz CT molecular complexity index is 699. The number of hydrogen-bond acceptors (Lipinski definition) is 4. The van der Waals surface area contributed by atoms with E-state index < -0.39 is 10.0 Å². The predicted molar refractivity (Wildman–Crippen MR) is 99.6 cm³/mol. The van der Waals surface area contributed by atoms with Crippen molar-refractivity contribution in [3.63, 3.8) is 0 Å². The molecule has 1 N–H and O–H groups in total. The Morgan fingerprint density at radius 1 is 1.24 bits per heavy atom. The van der Waals surface area contributed by atoms with Crippen LogP contribution in [0.25, 0.3) is 0 Å². The van der Waals surface area contributed by atoms with Gasteiger partial charge in [-0.1, -0.05) is 25.4 Å². The Labute approximate surface area is 155 Å². The monoisotopic (exact) mass is 387 g/mol. The molecule has 0 radical (unpaired) electrons. The third kappa shape index (κ3) is 5.67. The van der Waals surface area contributed by atoms with E-state index >= 15 is 0 Å². The van der Waals surface area contributed by atoms with Crippen molar-refractivity contribution in [2.24, 2.45) is 0 Å². The average molecular weight is 388 g/mol. The van der Waals surface area contributed by atoms with Gasteiger partial charge in [0.15, 0.2) is 0 Å². The van der Waals surface area contributed by atoms with Crippen molar-refractivity contribution >= 4 is 27.5 Å². The number of carbonyl (C=O) groups is 1. The summed E-state index contributed by atoms with van der Waals surface area (Å²) in [5, 5.41) is 0.269. The molecule has 0 saturated carbocycles. The van der Waals surface area contributed by atoms with Gasteiger partial charge in [-0.25, -0.2) is 13.1 Å². The molecule has 1 aromatic rings. The summed E-state index contributed by atoms with van der Waals surface area (Å²) in [6.45, 7) is 8.32. The lowest BCUT2D eigenvalue weighted by molar-refractivity contribution is 0.0755. The number of nitrogens with zero attached hydrogens (tertiary/aromatic N) is 2. The molecule has 0 aliphatic carbocycles. The van der Waals surface area contributed by atoms with Crippen LogP contribution >= 0.6 is 11.6 Å². The summed E-state index contributed by atoms with van der Waals surface area (Å²) in [4.78, 5) is 16.7. The minimum atomic E-state index is -3.66. The summed E-state index contributed by atoms with van der Waals surface area (Å²) in [7, 11) is -3.66. The lowest BCUT2D eigenvalue weighted by atomic mass is 10.2. The predicted octanol–water partition coefficient (Wildman–Crippen LogP) is 2.20. The topological polar surface area (TPSA) is 69.5 Å². The molecule has 25 heavy (non-hydrogen) atoms. The van der Waals surface area contributed by atoms with Crippen LogP contribution in [0.15, 0.2) is 23.1 Å². The molecule has 0 spiro atoms. The second kappa shape index (κ2) is 8.98. The van der Waals surface area contributed by atoms with Crippen LogP contribution in [-0.4, -0.2) is 63.4 Å². The molecule has 0 unspecified atom stereocenters. The van der Waals surface area contributed by atoms with Crippen LogP contribution in [0.4, 0.5) is 0 Å². The fourth-order valence-electron chi connectivity index (χ4n) is 2.58. The van der Waals surface area contributed by atoms with Crippen LogP contribution in [0.1, 0.15) is 37.0 Å². The molecule has 2 rings (SSSR count). The molecule has 1 heterocycles. The molecule has 0 aromatic heterocycles. The zero-order valence-corrected chi connectivity index (χ0v) is 16.4. The molecule has 140 valence electrons. The van der Waals surface area contributed by atoms with E-state index in [1.165, 1.54) is 18.2 Å². The quantitative estimate of drug-likeness (QED) is 0.625. The minimum Gasteiger partial charge on any atom is -0.339 e. The summed E-state index contributed by atoms with van der Waals surface area (Å²) < 4.78 is 27.5. The SMILES string of the molecule is CCCN(CCC)C(=O)c1cc(S(=O)(=O)NCCN2CC2)ccc1Cl. The van der Waals surface area contributed by atoms with Gasteiger partial charge >= 0.3 is 0 Å². The third-order valence-electron chi connectivity index (χ3n) is 4.01. The van der Waals surface area contributed by atoms with E-state index in [1.54, 1.807) is 4.90 Å². The molecule has 8 heteroatoms. The van der Waals surface area contributed by atoms with Crippen molar-refractivity contribution in [1.29, 1.82) is 0 Å². The van der Waals surface area contributed by atoms with Crippen LogP contribution in [0.2, 0.25) is 5.02 Å². The third-order valence-corrected chi connectivity index (χ3v) is 5.80. The maximum Gasteiger partial charge on any atom is 0.255 e. The van der Waals surface area contributed by atoms with Crippen LogP contribution in [-0.2, 0) is 10.0 Å². The van der Waals surface area contributed by atoms with Gasteiger partial charge in [0.25, 0.3) is 5.91 Å². The van der Waals surface area contributed by atoms with E-state index in [2.05, 4.69) is 9.62 Å². The van der Waals surface area contributed by atoms with Crippen LogP contribution in [0, 0.1) is 0 Å². The first-order chi connectivity index (χ1) is 11.9. The highest BCUT2D eigenvalue weighted by atomic mass is 35.5. The summed E-state index contributed by atoms with van der Waals surface area (Å²) >= 11 is 6.17. The maximum atomic E-state index is 12.8. The van der Waals surface area contributed by atoms with Gasteiger partial charge in [-0.3, -0.25) is 9.69 Å². The molecule has 0 atom stereocenters. The number of hydrogen-bond donors (Lipinski definition) is 1. The standard InChI is InChI=1S/C17H26ClN3O3S/c1-3-8-21(9-4-2)17(22)15-13-14(5-6-16(15)18)25(23,24)19-7-10-20-11-12-20/h5-6,13,19H,3-4,7-12H2,1-2H3. The summed E-state index contributed by atoms with van der Waals surface area (Å²) in [6.07, 6.45) is 1.67. The highest BCUT2D eigenvalue weighted by molar-refractivity contribution is 7.89. The van der Waals surface area contributed by atoms with Crippen molar-refractivity contribution in [3.05, 3.63) is 28.8 Å². The van der Waals surface area contributed by atoms with E-state index in [9.17, 15) is 13.2 Å². The van der Waals surface area contributed by atoms with Crippen LogP contribution < -0.4 is 4.72 Å². The highest BCUT2D eigenvalue weighted by Crippen LogP contribution is 2.22. The van der Waals surface area contributed by atoms with E-state index in [4.69, 9.17) is 11.6 Å². The lowest BCUT2D eigenvalue weighted by Gasteiger charge is -2.22. The summed E-state index contributed by atoms with van der Waals surface area (Å²) in [6, 6.07) is 4.29. The molecule has 1 saturated heterocycles. The number of carbonyl (C=O) groups excluding carboxylic acids is 1. The lowest BCUT2D eigenvalue weighted by Crippen LogP contribution is -2.33. The van der Waals surface area contributed by atoms with E-state index in [0.717, 1.165) is 25.9 Å². The van der Waals surface area contributed by atoms with Gasteiger partial charge in [-0.15, -0.1) is 0 Å². The van der Waals surface area contributed by atoms with Gasteiger partial charge < -0.3 is 4.90 Å². The first-order valence-corrected chi connectivity index (χ1v) is 10.6. The first-order valence-electron chi connectivity index (χ1n) is 8.70. The molecule has 1 fully saturated rings. The van der Waals surface area contributed by atoms with Crippen molar-refractivity contribution in [1.82, 2.24) is 14.5 Å². The van der Waals surface area contributed by atoms with Gasteiger partial charge in [-0.05, 0) is 31.0 Å². The maximum absolute atomic E-state index is 12.8. The van der Waals surface area contributed by atoms with Gasteiger partial charge in [0.05, 0.1) is 15.5 Å². The van der Waals surface area contributed by atoms with E-state index in [-0.39, 0.29) is 21.4 Å². The molecule has 1 aliphatic rings. The molecular weight excluding hydrogens is 362 g/mol. The summed E-state index contributed by atoms with van der Waals surface area (Å²) in [5.41, 5.74) is 0.234. The average Bonchev–Trinajstić information content (AvgIpc) is 3.38. The van der Waals surface area contributed by atoms with Crippen molar-refractivity contribution < 1.29 is 13.2 Å². The second-order valence-corrected chi connectivity index (χ2v) is 8.35. The van der Waals surface area contributed by atoms with Crippen molar-refractivity contribution in [2.75, 3.05) is 39.3 Å². The van der Waals surface area contributed by atoms with Crippen LogP contribution in [0.5, 0.6) is 0 Å². The van der Waals surface area contributed by atoms with Gasteiger partial charge in [0, 0.05) is 39.3 Å². The number of nitrogens with one attached hydrogen (secondary N) is 1. The number of benzene rings is 1. The molecule has 6 nitrogen and oxygen atoms in total. The Morgan fingerprint density at radius 2 is 1.88 bits per heavy atom. The Hall–Kier alpha value is -1.15. The minimum absolute atomic E-state index is 0.0685. The molecule has 1 aromatic carbocycles. The fraction of sp³-hybridized carbons (Fsp3) is 0.588. The number of halogens is 1. The number of rotatable bonds is 10. The first kappa shape index (κ1) is 20.2. The summed E-state index contributed by atoms with van der Waals surface area (Å²) in [5.74, 6) is -0.227. The van der Waals surface area contributed by atoms with Gasteiger partial charge in [-0.2, -0.15) is 0 Å². The molecule has 1 amide bonds. The Kier molecular flexibility index (Phi) is 7.25. The zero-order valence-electron chi connectivity index (χ0n) is 14.8. The van der Waals surface area contributed by atoms with Crippen LogP contribution in [0.3, 0.4) is 0 Å². The highest BCUT2D eigenvalue weighted by Gasteiger charge is 2.22. The normalized spacial score (nSPS) is 14.5.